The average molecular weight is 476 g/mol. The van der Waals surface area contributed by atoms with Gasteiger partial charge in [-0.15, -0.1) is 22.6 Å². The molecule has 5 rings (SSSR count). The average Bonchev–Trinajstić information content (AvgIpc) is 3.50. The molecule has 2 N–H and O–H groups in total. The number of nitrogens with one attached hydrogen (secondary N) is 1. The zero-order valence-electron chi connectivity index (χ0n) is 18.1. The zero-order chi connectivity index (χ0) is 21.0. The third-order valence-corrected chi connectivity index (χ3v) is 7.27. The summed E-state index contributed by atoms with van der Waals surface area (Å²) in [5, 5.41) is 23.0. The van der Waals surface area contributed by atoms with Crippen LogP contribution in [-0.4, -0.2) is 69.5 Å². The molecule has 32 heavy (non-hydrogen) atoms. The van der Waals surface area contributed by atoms with E-state index in [0.29, 0.717) is 5.92 Å². The van der Waals surface area contributed by atoms with E-state index in [1.165, 1.54) is 25.7 Å². The van der Waals surface area contributed by atoms with Crippen LogP contribution in [0.5, 0.6) is 0 Å². The molecule has 10 heteroatoms. The van der Waals surface area contributed by atoms with Crippen LogP contribution in [0.3, 0.4) is 0 Å². The van der Waals surface area contributed by atoms with Gasteiger partial charge in [-0.25, -0.2) is 4.98 Å². The maximum absolute atomic E-state index is 9.03. The molecule has 2 aliphatic rings. The molecular weight excluding hydrogens is 446 g/mol. The lowest BCUT2D eigenvalue weighted by molar-refractivity contribution is 0.216. The van der Waals surface area contributed by atoms with Crippen molar-refractivity contribution in [2.75, 3.05) is 49.5 Å². The number of aliphatic hydroxyl groups excluding tert-OH is 1. The number of nitrogens with zero attached hydrogens (tertiary/aromatic N) is 6. The smallest absolute Gasteiger partial charge is 0.211 e. The van der Waals surface area contributed by atoms with Gasteiger partial charge in [0.25, 0.3) is 0 Å². The number of hydrogen-bond donors (Lipinski definition) is 2. The van der Waals surface area contributed by atoms with Gasteiger partial charge >= 0.3 is 0 Å². The van der Waals surface area contributed by atoms with Crippen LogP contribution in [0.15, 0.2) is 24.4 Å². The van der Waals surface area contributed by atoms with Crippen LogP contribution in [0.25, 0.3) is 11.0 Å². The highest BCUT2D eigenvalue weighted by Crippen LogP contribution is 2.37. The Morgan fingerprint density at radius 2 is 1.88 bits per heavy atom. The Morgan fingerprint density at radius 3 is 2.66 bits per heavy atom. The summed E-state index contributed by atoms with van der Waals surface area (Å²) in [5.41, 5.74) is 2.88. The number of aromatic nitrogens is 4. The number of hydrogen-bond acceptors (Lipinski definition) is 9. The maximum Gasteiger partial charge on any atom is 0.211 e. The van der Waals surface area contributed by atoms with Crippen LogP contribution in [0.4, 0.5) is 16.6 Å². The fourth-order valence-electron chi connectivity index (χ4n) is 4.49. The summed E-state index contributed by atoms with van der Waals surface area (Å²) in [6, 6.07) is 6.08. The Morgan fingerprint density at radius 1 is 1.06 bits per heavy atom. The van der Waals surface area contributed by atoms with Crippen LogP contribution >= 0.6 is 23.7 Å². The molecule has 0 atom stereocenters. The van der Waals surface area contributed by atoms with E-state index < -0.39 is 0 Å². The van der Waals surface area contributed by atoms with E-state index in [9.17, 15) is 0 Å². The van der Waals surface area contributed by atoms with Gasteiger partial charge in [0.05, 0.1) is 22.9 Å². The molecule has 0 radical (unpaired) electrons. The number of pyridine rings is 2. The monoisotopic (exact) mass is 475 g/mol. The van der Waals surface area contributed by atoms with Gasteiger partial charge in [0.2, 0.25) is 5.13 Å². The Bertz CT molecular complexity index is 1020. The number of halogens is 1. The molecule has 1 saturated heterocycles. The lowest BCUT2D eigenvalue weighted by Crippen LogP contribution is -2.46. The van der Waals surface area contributed by atoms with Crippen LogP contribution in [0.2, 0.25) is 0 Å². The minimum Gasteiger partial charge on any atom is -0.396 e. The summed E-state index contributed by atoms with van der Waals surface area (Å²) in [6.45, 7) is 5.16. The minimum absolute atomic E-state index is 0. The van der Waals surface area contributed by atoms with Crippen LogP contribution in [0, 0.1) is 0 Å². The zero-order valence-corrected chi connectivity index (χ0v) is 19.7. The number of piperazine rings is 1. The van der Waals surface area contributed by atoms with Crippen molar-refractivity contribution < 1.29 is 5.11 Å². The van der Waals surface area contributed by atoms with Crippen molar-refractivity contribution in [1.29, 1.82) is 0 Å². The summed E-state index contributed by atoms with van der Waals surface area (Å²) in [4.78, 5) is 14.2. The fraction of sp³-hybridized carbons (Fsp3) is 0.545. The van der Waals surface area contributed by atoms with E-state index in [1.807, 2.05) is 18.3 Å². The van der Waals surface area contributed by atoms with E-state index >= 15 is 0 Å². The number of fused-ring (bicyclic) bond motifs is 1. The summed E-state index contributed by atoms with van der Waals surface area (Å²) < 4.78 is 0. The molecular formula is C22H30ClN7OS. The molecule has 4 heterocycles. The summed E-state index contributed by atoms with van der Waals surface area (Å²) in [5.74, 6) is 1.35. The summed E-state index contributed by atoms with van der Waals surface area (Å²) in [7, 11) is 0. The van der Waals surface area contributed by atoms with Crippen LogP contribution < -0.4 is 10.2 Å². The molecule has 8 nitrogen and oxygen atoms in total. The predicted octanol–water partition coefficient (Wildman–Crippen LogP) is 3.81. The lowest BCUT2D eigenvalue weighted by atomic mass is 10.1. The van der Waals surface area contributed by atoms with E-state index in [4.69, 9.17) is 10.1 Å². The van der Waals surface area contributed by atoms with Gasteiger partial charge in [0.1, 0.15) is 10.8 Å². The third-order valence-electron chi connectivity index (χ3n) is 6.27. The van der Waals surface area contributed by atoms with Gasteiger partial charge in [-0.2, -0.15) is 0 Å². The minimum atomic E-state index is 0. The van der Waals surface area contributed by atoms with E-state index in [2.05, 4.69) is 36.4 Å². The molecule has 0 bridgehead atoms. The third kappa shape index (κ3) is 5.28. The van der Waals surface area contributed by atoms with E-state index in [-0.39, 0.29) is 19.0 Å². The Hall–Kier alpha value is -2.07. The van der Waals surface area contributed by atoms with Gasteiger partial charge in [-0.3, -0.25) is 9.88 Å². The van der Waals surface area contributed by atoms with E-state index in [0.717, 1.165) is 71.8 Å². The number of anilines is 3. The first-order valence-corrected chi connectivity index (χ1v) is 12.1. The first-order chi connectivity index (χ1) is 15.3. The van der Waals surface area contributed by atoms with Crippen molar-refractivity contribution in [3.8, 4) is 0 Å². The molecule has 3 aromatic heterocycles. The predicted molar refractivity (Wildman–Crippen MR) is 132 cm³/mol. The van der Waals surface area contributed by atoms with Crippen LogP contribution in [0.1, 0.15) is 43.0 Å². The van der Waals surface area contributed by atoms with Crippen molar-refractivity contribution in [2.45, 2.75) is 38.0 Å². The molecule has 0 aromatic carbocycles. The van der Waals surface area contributed by atoms with Gasteiger partial charge < -0.3 is 15.3 Å². The first kappa shape index (κ1) is 23.1. The summed E-state index contributed by atoms with van der Waals surface area (Å²) >= 11 is 1.64. The SMILES string of the molecule is Cl.OCCCN1CCN(c2cnc3ccc(Nc4nnc(C5CCCC5)s4)nc3c2)CC1. The highest BCUT2D eigenvalue weighted by atomic mass is 35.5. The maximum atomic E-state index is 9.03. The normalized spacial score (nSPS) is 17.6. The topological polar surface area (TPSA) is 90.3 Å². The van der Waals surface area contributed by atoms with Crippen molar-refractivity contribution in [2.24, 2.45) is 0 Å². The van der Waals surface area contributed by atoms with Crippen molar-refractivity contribution >= 4 is 51.4 Å². The lowest BCUT2D eigenvalue weighted by Gasteiger charge is -2.35. The van der Waals surface area contributed by atoms with Crippen molar-refractivity contribution in [3.05, 3.63) is 29.4 Å². The van der Waals surface area contributed by atoms with E-state index in [1.54, 1.807) is 11.3 Å². The molecule has 0 unspecified atom stereocenters. The molecule has 172 valence electrons. The van der Waals surface area contributed by atoms with Crippen LogP contribution in [-0.2, 0) is 0 Å². The Kier molecular flexibility index (Phi) is 7.72. The fourth-order valence-corrected chi connectivity index (χ4v) is 5.41. The van der Waals surface area contributed by atoms with Gasteiger partial charge in [0.15, 0.2) is 0 Å². The molecule has 3 aromatic rings. The first-order valence-electron chi connectivity index (χ1n) is 11.2. The second kappa shape index (κ2) is 10.7. The molecule has 1 aliphatic heterocycles. The molecule has 1 saturated carbocycles. The van der Waals surface area contributed by atoms with Crippen molar-refractivity contribution in [3.63, 3.8) is 0 Å². The molecule has 1 aliphatic carbocycles. The standard InChI is InChI=1S/C22H29N7OS.ClH/c30-13-3-8-28-9-11-29(12-10-28)17-14-19-18(23-15-17)6-7-20(24-19)25-22-27-26-21(31-22)16-4-1-2-5-16;/h6-7,14-16,30H,1-5,8-13H2,(H,24,25,27);1H. The van der Waals surface area contributed by atoms with Gasteiger partial charge in [0, 0.05) is 45.2 Å². The molecule has 2 fully saturated rings. The number of aliphatic hydroxyl groups is 1. The Balaban J connectivity index is 0.00000245. The molecule has 0 spiro atoms. The highest BCUT2D eigenvalue weighted by Gasteiger charge is 2.21. The highest BCUT2D eigenvalue weighted by molar-refractivity contribution is 7.15. The quantitative estimate of drug-likeness (QED) is 0.533. The molecule has 0 amide bonds. The van der Waals surface area contributed by atoms with Crippen molar-refractivity contribution in [1.82, 2.24) is 25.1 Å². The Labute approximate surface area is 198 Å². The number of rotatable bonds is 7. The summed E-state index contributed by atoms with van der Waals surface area (Å²) in [6.07, 6.45) is 7.84. The second-order valence-electron chi connectivity index (χ2n) is 8.39. The second-order valence-corrected chi connectivity index (χ2v) is 9.40. The van der Waals surface area contributed by atoms with Gasteiger partial charge in [-0.1, -0.05) is 24.2 Å². The van der Waals surface area contributed by atoms with Gasteiger partial charge in [-0.05, 0) is 37.5 Å². The largest absolute Gasteiger partial charge is 0.396 e.